The van der Waals surface area contributed by atoms with Crippen LogP contribution in [0.5, 0.6) is 0 Å². The molecule has 0 radical (unpaired) electrons. The number of para-hydroxylation sites is 1. The summed E-state index contributed by atoms with van der Waals surface area (Å²) in [5, 5.41) is 14.9. The Bertz CT molecular complexity index is 3130. The van der Waals surface area contributed by atoms with Gasteiger partial charge in [-0.05, 0) is 118 Å². The summed E-state index contributed by atoms with van der Waals surface area (Å²) in [4.78, 5) is 0. The molecular formula is C50H30O. The number of hydrogen-bond donors (Lipinski definition) is 0. The van der Waals surface area contributed by atoms with Crippen LogP contribution < -0.4 is 0 Å². The molecule has 0 spiro atoms. The van der Waals surface area contributed by atoms with E-state index in [-0.39, 0.29) is 0 Å². The first kappa shape index (κ1) is 28.2. The van der Waals surface area contributed by atoms with E-state index in [0.717, 1.165) is 21.9 Å². The Morgan fingerprint density at radius 2 is 0.765 bits per heavy atom. The second-order valence-corrected chi connectivity index (χ2v) is 13.6. The van der Waals surface area contributed by atoms with Crippen molar-refractivity contribution >= 4 is 75.8 Å². The lowest BCUT2D eigenvalue weighted by Gasteiger charge is -2.19. The average molecular weight is 647 g/mol. The fourth-order valence-electron chi connectivity index (χ4n) is 8.57. The van der Waals surface area contributed by atoms with Gasteiger partial charge in [0.25, 0.3) is 0 Å². The van der Waals surface area contributed by atoms with Gasteiger partial charge in [0.2, 0.25) is 0 Å². The molecule has 1 nitrogen and oxygen atoms in total. The standard InChI is InChI=1S/C50H30O/c1-2-14-35-31(12-1)13-11-22-36(35)45-28-32-24-25-33(29-44(32)37-15-3-4-16-38(37)45)49-40-18-5-7-20-42(40)50(43-21-8-6-19-41(43)49)34-26-27-48-46(30-34)39-17-9-10-23-47(39)51-48/h1-30H. The lowest BCUT2D eigenvalue weighted by Crippen LogP contribution is -1.91. The molecule has 51 heavy (non-hydrogen) atoms. The smallest absolute Gasteiger partial charge is 0.135 e. The van der Waals surface area contributed by atoms with Crippen LogP contribution in [0.1, 0.15) is 0 Å². The normalized spacial score (nSPS) is 11.9. The first-order valence-electron chi connectivity index (χ1n) is 17.6. The monoisotopic (exact) mass is 646 g/mol. The van der Waals surface area contributed by atoms with Gasteiger partial charge in [0.15, 0.2) is 0 Å². The predicted octanol–water partition coefficient (Wildman–Crippen LogP) is 14.4. The zero-order valence-corrected chi connectivity index (χ0v) is 27.7. The van der Waals surface area contributed by atoms with E-state index in [1.54, 1.807) is 0 Å². The van der Waals surface area contributed by atoms with Gasteiger partial charge in [0, 0.05) is 10.8 Å². The van der Waals surface area contributed by atoms with Crippen LogP contribution in [0.25, 0.3) is 109 Å². The minimum Gasteiger partial charge on any atom is -0.456 e. The third-order valence-electron chi connectivity index (χ3n) is 10.8. The average Bonchev–Trinajstić information content (AvgIpc) is 3.57. The number of furan rings is 1. The molecule has 1 aromatic heterocycles. The molecule has 0 fully saturated rings. The van der Waals surface area contributed by atoms with Crippen LogP contribution in [-0.2, 0) is 0 Å². The summed E-state index contributed by atoms with van der Waals surface area (Å²) in [6, 6.07) is 66.5. The molecule has 1 heteroatoms. The van der Waals surface area contributed by atoms with Gasteiger partial charge >= 0.3 is 0 Å². The van der Waals surface area contributed by atoms with E-state index in [2.05, 4.69) is 170 Å². The molecule has 0 amide bonds. The number of fused-ring (bicyclic) bond motifs is 9. The van der Waals surface area contributed by atoms with Crippen molar-refractivity contribution in [3.8, 4) is 33.4 Å². The van der Waals surface area contributed by atoms with Crippen LogP contribution >= 0.6 is 0 Å². The minimum atomic E-state index is 0.914. The van der Waals surface area contributed by atoms with E-state index in [9.17, 15) is 0 Å². The van der Waals surface area contributed by atoms with Crippen molar-refractivity contribution in [3.05, 3.63) is 182 Å². The van der Waals surface area contributed by atoms with Crippen molar-refractivity contribution in [2.24, 2.45) is 0 Å². The van der Waals surface area contributed by atoms with Gasteiger partial charge in [-0.15, -0.1) is 0 Å². The predicted molar refractivity (Wildman–Crippen MR) is 218 cm³/mol. The third kappa shape index (κ3) is 4.22. The molecule has 0 unspecified atom stereocenters. The third-order valence-corrected chi connectivity index (χ3v) is 10.8. The molecule has 11 rings (SSSR count). The van der Waals surface area contributed by atoms with Crippen LogP contribution in [0, 0.1) is 0 Å². The number of hydrogen-bond acceptors (Lipinski definition) is 1. The maximum absolute atomic E-state index is 6.21. The van der Waals surface area contributed by atoms with Gasteiger partial charge in [-0.25, -0.2) is 0 Å². The Hall–Kier alpha value is -6.70. The molecule has 11 aromatic rings. The fourth-order valence-corrected chi connectivity index (χ4v) is 8.57. The van der Waals surface area contributed by atoms with Crippen LogP contribution in [0.4, 0.5) is 0 Å². The molecule has 1 heterocycles. The zero-order chi connectivity index (χ0) is 33.5. The van der Waals surface area contributed by atoms with Crippen molar-refractivity contribution in [3.63, 3.8) is 0 Å². The summed E-state index contributed by atoms with van der Waals surface area (Å²) in [6.07, 6.45) is 0. The van der Waals surface area contributed by atoms with E-state index < -0.39 is 0 Å². The lowest BCUT2D eigenvalue weighted by molar-refractivity contribution is 0.669. The summed E-state index contributed by atoms with van der Waals surface area (Å²) in [7, 11) is 0. The molecule has 0 bridgehead atoms. The Morgan fingerprint density at radius 3 is 1.47 bits per heavy atom. The van der Waals surface area contributed by atoms with E-state index in [0.29, 0.717) is 0 Å². The summed E-state index contributed by atoms with van der Waals surface area (Å²) in [6.45, 7) is 0. The second-order valence-electron chi connectivity index (χ2n) is 13.6. The molecule has 0 N–H and O–H groups in total. The topological polar surface area (TPSA) is 13.1 Å². The Labute approximate surface area is 294 Å². The van der Waals surface area contributed by atoms with Crippen molar-refractivity contribution in [2.75, 3.05) is 0 Å². The van der Waals surface area contributed by atoms with Gasteiger partial charge in [-0.2, -0.15) is 0 Å². The lowest BCUT2D eigenvalue weighted by atomic mass is 9.84. The summed E-state index contributed by atoms with van der Waals surface area (Å²) in [5.41, 5.74) is 9.31. The van der Waals surface area contributed by atoms with E-state index in [1.807, 2.05) is 12.1 Å². The van der Waals surface area contributed by atoms with E-state index in [4.69, 9.17) is 4.42 Å². The highest BCUT2D eigenvalue weighted by molar-refractivity contribution is 6.23. The maximum Gasteiger partial charge on any atom is 0.135 e. The molecule has 0 aliphatic carbocycles. The van der Waals surface area contributed by atoms with Crippen molar-refractivity contribution in [1.29, 1.82) is 0 Å². The Balaban J connectivity index is 1.17. The summed E-state index contributed by atoms with van der Waals surface area (Å²) >= 11 is 0. The molecule has 0 aliphatic rings. The molecule has 236 valence electrons. The highest BCUT2D eigenvalue weighted by Gasteiger charge is 2.19. The van der Waals surface area contributed by atoms with Crippen LogP contribution in [-0.4, -0.2) is 0 Å². The summed E-state index contributed by atoms with van der Waals surface area (Å²) in [5.74, 6) is 0. The summed E-state index contributed by atoms with van der Waals surface area (Å²) < 4.78 is 6.21. The van der Waals surface area contributed by atoms with Crippen LogP contribution in [0.2, 0.25) is 0 Å². The molecular weight excluding hydrogens is 617 g/mol. The number of rotatable bonds is 3. The first-order chi connectivity index (χ1) is 25.3. The van der Waals surface area contributed by atoms with Crippen LogP contribution in [0.3, 0.4) is 0 Å². The molecule has 0 saturated heterocycles. The Kier molecular flexibility index (Phi) is 6.02. The van der Waals surface area contributed by atoms with Crippen molar-refractivity contribution in [2.45, 2.75) is 0 Å². The van der Waals surface area contributed by atoms with Gasteiger partial charge < -0.3 is 4.42 Å². The quantitative estimate of drug-likeness (QED) is 0.138. The van der Waals surface area contributed by atoms with Crippen LogP contribution in [0.15, 0.2) is 186 Å². The van der Waals surface area contributed by atoms with Gasteiger partial charge in [-0.3, -0.25) is 0 Å². The highest BCUT2D eigenvalue weighted by Crippen LogP contribution is 2.46. The van der Waals surface area contributed by atoms with E-state index in [1.165, 1.54) is 87.2 Å². The SMILES string of the molecule is c1ccc2c(-c3cc4ccc(-c5c6ccccc6c(-c6ccc7oc8ccccc8c7c6)c6ccccc56)cc4c4ccccc34)cccc2c1. The highest BCUT2D eigenvalue weighted by atomic mass is 16.3. The molecule has 0 aliphatic heterocycles. The van der Waals surface area contributed by atoms with Gasteiger partial charge in [-0.1, -0.05) is 152 Å². The minimum absolute atomic E-state index is 0.914. The largest absolute Gasteiger partial charge is 0.456 e. The van der Waals surface area contributed by atoms with E-state index >= 15 is 0 Å². The Morgan fingerprint density at radius 1 is 0.255 bits per heavy atom. The van der Waals surface area contributed by atoms with Gasteiger partial charge in [0.05, 0.1) is 0 Å². The van der Waals surface area contributed by atoms with Crippen molar-refractivity contribution in [1.82, 2.24) is 0 Å². The molecule has 0 saturated carbocycles. The molecule has 0 atom stereocenters. The maximum atomic E-state index is 6.21. The molecule has 10 aromatic carbocycles. The van der Waals surface area contributed by atoms with Gasteiger partial charge in [0.1, 0.15) is 11.2 Å². The first-order valence-corrected chi connectivity index (χ1v) is 17.6. The zero-order valence-electron chi connectivity index (χ0n) is 27.7. The second kappa shape index (κ2) is 10.9. The fraction of sp³-hybridized carbons (Fsp3) is 0. The van der Waals surface area contributed by atoms with Crippen molar-refractivity contribution < 1.29 is 4.42 Å². The number of benzene rings is 10.